The Morgan fingerprint density at radius 2 is 1.75 bits per heavy atom. The Hall–Kier alpha value is -1.67. The number of halogens is 3. The average Bonchev–Trinajstić information content (AvgIpc) is 1.79. The summed E-state index contributed by atoms with van der Waals surface area (Å²) in [6.07, 6.45) is -9.21. The molecule has 0 fully saturated rings. The second kappa shape index (κ2) is 3.64. The van der Waals surface area contributed by atoms with Gasteiger partial charge in [-0.2, -0.15) is 0 Å². The maximum Gasteiger partial charge on any atom is 0.576 e. The molecule has 1 N–H and O–H groups in total. The van der Waals surface area contributed by atoms with Crippen molar-refractivity contribution >= 4 is 12.2 Å². The number of hydrogen-bond acceptors (Lipinski definition) is 3. The van der Waals surface area contributed by atoms with Crippen LogP contribution in [0.5, 0.6) is 0 Å². The molecule has 68 valence electrons. The molecule has 0 heterocycles. The lowest BCUT2D eigenvalue weighted by Crippen LogP contribution is -2.16. The van der Waals surface area contributed by atoms with Crippen molar-refractivity contribution in [2.75, 3.05) is 0 Å². The number of amides is 2. The summed E-state index contributed by atoms with van der Waals surface area (Å²) in [5.74, 6) is 0. The Balaban J connectivity index is 3.99. The van der Waals surface area contributed by atoms with E-state index in [-0.39, 0.29) is 0 Å². The van der Waals surface area contributed by atoms with Gasteiger partial charge in [-0.1, -0.05) is 10.2 Å². The van der Waals surface area contributed by atoms with Gasteiger partial charge in [0.15, 0.2) is 0 Å². The number of ether oxygens (including phenoxy) is 1. The van der Waals surface area contributed by atoms with Gasteiger partial charge in [-0.3, -0.25) is 0 Å². The molecule has 0 saturated carbocycles. The largest absolute Gasteiger partial charge is 0.576 e. The summed E-state index contributed by atoms with van der Waals surface area (Å²) in [6, 6.07) is 0. The monoisotopic (exact) mass is 186 g/mol. The SMILES string of the molecule is O=C(O)N=NC(=O)OC(F)(F)F. The number of alkyl halides is 3. The van der Waals surface area contributed by atoms with Crippen molar-refractivity contribution in [1.82, 2.24) is 0 Å². The lowest BCUT2D eigenvalue weighted by Gasteiger charge is -2.01. The minimum atomic E-state index is -5.19. The predicted octanol–water partition coefficient (Wildman–Crippen LogP) is 1.77. The van der Waals surface area contributed by atoms with E-state index in [2.05, 4.69) is 15.0 Å². The molecule has 0 rings (SSSR count). The molecule has 0 aliphatic carbocycles. The molecule has 0 bridgehead atoms. The predicted molar refractivity (Wildman–Crippen MR) is 25.4 cm³/mol. The van der Waals surface area contributed by atoms with Gasteiger partial charge in [-0.15, -0.1) is 13.2 Å². The van der Waals surface area contributed by atoms with Crippen LogP contribution in [0.25, 0.3) is 0 Å². The van der Waals surface area contributed by atoms with Crippen LogP contribution < -0.4 is 0 Å². The molecular weight excluding hydrogens is 185 g/mol. The zero-order chi connectivity index (χ0) is 9.78. The van der Waals surface area contributed by atoms with Gasteiger partial charge >= 0.3 is 18.5 Å². The average molecular weight is 186 g/mol. The van der Waals surface area contributed by atoms with Gasteiger partial charge in [0.25, 0.3) is 0 Å². The van der Waals surface area contributed by atoms with Crippen LogP contribution in [0.2, 0.25) is 0 Å². The molecule has 2 amide bonds. The normalized spacial score (nSPS) is 11.6. The van der Waals surface area contributed by atoms with Crippen LogP contribution in [-0.4, -0.2) is 23.7 Å². The number of azo groups is 1. The molecule has 0 aromatic heterocycles. The number of nitrogens with zero attached hydrogens (tertiary/aromatic N) is 2. The molecule has 0 saturated heterocycles. The van der Waals surface area contributed by atoms with Crippen LogP contribution in [0.3, 0.4) is 0 Å². The van der Waals surface area contributed by atoms with Crippen molar-refractivity contribution in [2.45, 2.75) is 6.36 Å². The first-order valence-electron chi connectivity index (χ1n) is 2.25. The Morgan fingerprint density at radius 1 is 1.25 bits per heavy atom. The van der Waals surface area contributed by atoms with E-state index >= 15 is 0 Å². The first-order valence-corrected chi connectivity index (χ1v) is 2.25. The fourth-order valence-corrected chi connectivity index (χ4v) is 0.203. The summed E-state index contributed by atoms with van der Waals surface area (Å²) in [6.45, 7) is 0. The van der Waals surface area contributed by atoms with Crippen LogP contribution in [0.1, 0.15) is 0 Å². The van der Waals surface area contributed by atoms with Gasteiger partial charge < -0.3 is 9.84 Å². The zero-order valence-electron chi connectivity index (χ0n) is 5.20. The summed E-state index contributed by atoms with van der Waals surface area (Å²) in [5, 5.41) is 11.8. The molecule has 6 nitrogen and oxygen atoms in total. The molecule has 12 heavy (non-hydrogen) atoms. The number of carbonyl (C=O) groups is 2. The van der Waals surface area contributed by atoms with Gasteiger partial charge in [-0.25, -0.2) is 9.59 Å². The Bertz CT molecular complexity index is 222. The molecule has 0 aliphatic rings. The number of carboxylic acid groups (broad SMARTS) is 1. The van der Waals surface area contributed by atoms with Gasteiger partial charge in [-0.05, 0) is 0 Å². The fourth-order valence-electron chi connectivity index (χ4n) is 0.203. The maximum absolute atomic E-state index is 11.1. The highest BCUT2D eigenvalue weighted by Crippen LogP contribution is 2.16. The molecule has 0 aromatic rings. The lowest BCUT2D eigenvalue weighted by atomic mass is 11.1. The quantitative estimate of drug-likeness (QED) is 0.583. The summed E-state index contributed by atoms with van der Waals surface area (Å²) in [5.41, 5.74) is 0. The molecule has 9 heteroatoms. The molecular formula is C3HF3N2O4. The van der Waals surface area contributed by atoms with E-state index < -0.39 is 18.5 Å². The fraction of sp³-hybridized carbons (Fsp3) is 0.333. The number of rotatable bonds is 0. The van der Waals surface area contributed by atoms with Crippen LogP contribution in [0, 0.1) is 0 Å². The lowest BCUT2D eigenvalue weighted by molar-refractivity contribution is -0.290. The molecule has 0 aliphatic heterocycles. The van der Waals surface area contributed by atoms with Crippen LogP contribution in [-0.2, 0) is 4.74 Å². The number of carbonyl (C=O) groups excluding carboxylic acids is 1. The van der Waals surface area contributed by atoms with Crippen molar-refractivity contribution in [3.8, 4) is 0 Å². The Morgan fingerprint density at radius 3 is 2.08 bits per heavy atom. The molecule has 0 unspecified atom stereocenters. The van der Waals surface area contributed by atoms with Gasteiger partial charge in [0.2, 0.25) is 0 Å². The van der Waals surface area contributed by atoms with Gasteiger partial charge in [0, 0.05) is 0 Å². The van der Waals surface area contributed by atoms with E-state index in [1.165, 1.54) is 0 Å². The van der Waals surface area contributed by atoms with Crippen molar-refractivity contribution in [1.29, 1.82) is 0 Å². The van der Waals surface area contributed by atoms with Gasteiger partial charge in [0.05, 0.1) is 0 Å². The second-order valence-corrected chi connectivity index (χ2v) is 1.30. The third-order valence-electron chi connectivity index (χ3n) is 0.420. The van der Waals surface area contributed by atoms with Crippen molar-refractivity contribution in [2.24, 2.45) is 10.2 Å². The molecule has 0 atom stereocenters. The van der Waals surface area contributed by atoms with Crippen molar-refractivity contribution in [3.05, 3.63) is 0 Å². The zero-order valence-corrected chi connectivity index (χ0v) is 5.20. The van der Waals surface area contributed by atoms with E-state index in [0.717, 1.165) is 0 Å². The van der Waals surface area contributed by atoms with Crippen LogP contribution >= 0.6 is 0 Å². The third-order valence-corrected chi connectivity index (χ3v) is 0.420. The summed E-state index contributed by atoms with van der Waals surface area (Å²) >= 11 is 0. The summed E-state index contributed by atoms with van der Waals surface area (Å²) in [4.78, 5) is 19.4. The highest BCUT2D eigenvalue weighted by molar-refractivity contribution is 5.72. The standard InChI is InChI=1S/C3HF3N2O4/c4-3(5,6)12-2(11)8-7-1(9)10/h(H,9,10). The van der Waals surface area contributed by atoms with Crippen LogP contribution in [0.4, 0.5) is 22.8 Å². The molecule has 0 spiro atoms. The maximum atomic E-state index is 11.1. The highest BCUT2D eigenvalue weighted by atomic mass is 19.4. The number of hydrogen-bond donors (Lipinski definition) is 1. The highest BCUT2D eigenvalue weighted by Gasteiger charge is 2.34. The van der Waals surface area contributed by atoms with E-state index in [1.807, 2.05) is 0 Å². The minimum Gasteiger partial charge on any atom is -0.462 e. The Kier molecular flexibility index (Phi) is 3.14. The first-order chi connectivity index (χ1) is 5.31. The molecule has 0 aromatic carbocycles. The van der Waals surface area contributed by atoms with Crippen molar-refractivity contribution < 1.29 is 32.6 Å². The van der Waals surface area contributed by atoms with E-state index in [0.29, 0.717) is 0 Å². The van der Waals surface area contributed by atoms with Crippen LogP contribution in [0.15, 0.2) is 10.2 Å². The first kappa shape index (κ1) is 10.3. The smallest absolute Gasteiger partial charge is 0.462 e. The van der Waals surface area contributed by atoms with E-state index in [1.54, 1.807) is 0 Å². The second-order valence-electron chi connectivity index (χ2n) is 1.30. The topological polar surface area (TPSA) is 88.3 Å². The Labute approximate surface area is 62.6 Å². The third kappa shape index (κ3) is 6.45. The summed E-state index contributed by atoms with van der Waals surface area (Å²) < 4.78 is 36.0. The van der Waals surface area contributed by atoms with Gasteiger partial charge in [0.1, 0.15) is 0 Å². The van der Waals surface area contributed by atoms with E-state index in [4.69, 9.17) is 5.11 Å². The van der Waals surface area contributed by atoms with Crippen molar-refractivity contribution in [3.63, 3.8) is 0 Å². The molecule has 0 radical (unpaired) electrons. The summed E-state index contributed by atoms with van der Waals surface area (Å²) in [7, 11) is 0. The van der Waals surface area contributed by atoms with E-state index in [9.17, 15) is 22.8 Å². The minimum absolute atomic E-state index is 1.89.